The lowest BCUT2D eigenvalue weighted by Gasteiger charge is -2.29. The Morgan fingerprint density at radius 2 is 2.22 bits per heavy atom. The smallest absolute Gasteiger partial charge is 0.340 e. The Bertz CT molecular complexity index is 1010. The van der Waals surface area contributed by atoms with E-state index in [9.17, 15) is 18.3 Å². The highest BCUT2D eigenvalue weighted by molar-refractivity contribution is 7.89. The van der Waals surface area contributed by atoms with E-state index in [4.69, 9.17) is 5.26 Å². The molecule has 0 radical (unpaired) electrons. The summed E-state index contributed by atoms with van der Waals surface area (Å²) >= 11 is 0. The number of hydrogen-bond acceptors (Lipinski definition) is 5. The molecule has 142 valence electrons. The predicted octanol–water partition coefficient (Wildman–Crippen LogP) is 1.92. The number of carboxylic acid groups (broad SMARTS) is 1. The predicted molar refractivity (Wildman–Crippen MR) is 96.6 cm³/mol. The van der Waals surface area contributed by atoms with Gasteiger partial charge in [0, 0.05) is 19.3 Å². The maximum Gasteiger partial charge on any atom is 0.340 e. The monoisotopic (exact) mass is 388 g/mol. The Labute approximate surface area is 157 Å². The van der Waals surface area contributed by atoms with E-state index in [2.05, 4.69) is 5.10 Å². The highest BCUT2D eigenvalue weighted by atomic mass is 32.2. The van der Waals surface area contributed by atoms with E-state index in [1.165, 1.54) is 15.2 Å². The molecule has 0 spiro atoms. The first kappa shape index (κ1) is 19.1. The first-order chi connectivity index (χ1) is 12.8. The van der Waals surface area contributed by atoms with Gasteiger partial charge in [0.25, 0.3) is 10.0 Å². The molecule has 2 aromatic rings. The highest BCUT2D eigenvalue weighted by Crippen LogP contribution is 2.25. The van der Waals surface area contributed by atoms with Gasteiger partial charge in [-0.1, -0.05) is 19.1 Å². The molecule has 1 saturated heterocycles. The van der Waals surface area contributed by atoms with E-state index in [0.29, 0.717) is 18.7 Å². The number of aromatic nitrogens is 2. The summed E-state index contributed by atoms with van der Waals surface area (Å²) in [6, 6.07) is 8.82. The van der Waals surface area contributed by atoms with Gasteiger partial charge in [0.05, 0.1) is 18.2 Å². The molecule has 1 aliphatic rings. The molecule has 2 heterocycles. The van der Waals surface area contributed by atoms with Crippen molar-refractivity contribution in [2.24, 2.45) is 5.92 Å². The zero-order valence-corrected chi connectivity index (χ0v) is 15.7. The first-order valence-corrected chi connectivity index (χ1v) is 10.0. The zero-order chi connectivity index (χ0) is 19.6. The fourth-order valence-corrected chi connectivity index (χ4v) is 4.93. The number of hydrogen-bond donors (Lipinski definition) is 1. The SMILES string of the molecule is C[C@H]1CCCN(S(=O)(=O)c2nn(Cc3cccc(C#N)c3)cc2C(=O)O)C1. The summed E-state index contributed by atoms with van der Waals surface area (Å²) in [6.07, 6.45) is 2.91. The molecule has 3 rings (SSSR count). The third-order valence-electron chi connectivity index (χ3n) is 4.56. The molecule has 0 unspecified atom stereocenters. The lowest BCUT2D eigenvalue weighted by molar-refractivity contribution is 0.0692. The Morgan fingerprint density at radius 1 is 1.44 bits per heavy atom. The summed E-state index contributed by atoms with van der Waals surface area (Å²) in [5.41, 5.74) is 0.849. The number of sulfonamides is 1. The van der Waals surface area contributed by atoms with Crippen molar-refractivity contribution in [3.8, 4) is 6.07 Å². The van der Waals surface area contributed by atoms with Crippen LogP contribution in [-0.4, -0.2) is 46.7 Å². The van der Waals surface area contributed by atoms with Crippen molar-refractivity contribution in [2.45, 2.75) is 31.3 Å². The third kappa shape index (κ3) is 4.02. The van der Waals surface area contributed by atoms with Gasteiger partial charge in [-0.25, -0.2) is 13.2 Å². The Morgan fingerprint density at radius 3 is 2.89 bits per heavy atom. The number of piperidine rings is 1. The van der Waals surface area contributed by atoms with Gasteiger partial charge in [-0.2, -0.15) is 14.7 Å². The van der Waals surface area contributed by atoms with Gasteiger partial charge in [-0.15, -0.1) is 0 Å². The number of nitrogens with zero attached hydrogens (tertiary/aromatic N) is 4. The minimum atomic E-state index is -3.99. The van der Waals surface area contributed by atoms with Gasteiger partial charge in [0.15, 0.2) is 0 Å². The van der Waals surface area contributed by atoms with Crippen LogP contribution in [0.1, 0.15) is 41.3 Å². The molecule has 0 bridgehead atoms. The normalized spacial score (nSPS) is 18.1. The molecule has 0 saturated carbocycles. The maximum absolute atomic E-state index is 13.0. The minimum Gasteiger partial charge on any atom is -0.478 e. The molecule has 1 aromatic carbocycles. The molecule has 8 nitrogen and oxygen atoms in total. The standard InChI is InChI=1S/C18H20N4O4S/c1-13-4-3-7-22(10-13)27(25,26)17-16(18(23)24)12-21(20-17)11-15-6-2-5-14(8-15)9-19/h2,5-6,8,12-13H,3-4,7,10-11H2,1H3,(H,23,24)/t13-/m0/s1. The lowest BCUT2D eigenvalue weighted by atomic mass is 10.0. The van der Waals surface area contributed by atoms with Gasteiger partial charge >= 0.3 is 5.97 Å². The molecule has 1 N–H and O–H groups in total. The molecule has 1 aromatic heterocycles. The number of nitriles is 1. The zero-order valence-electron chi connectivity index (χ0n) is 14.9. The van der Waals surface area contributed by atoms with Crippen molar-refractivity contribution >= 4 is 16.0 Å². The van der Waals surface area contributed by atoms with Crippen molar-refractivity contribution in [3.05, 3.63) is 47.2 Å². The van der Waals surface area contributed by atoms with Crippen molar-refractivity contribution < 1.29 is 18.3 Å². The van der Waals surface area contributed by atoms with Crippen LogP contribution in [0.5, 0.6) is 0 Å². The summed E-state index contributed by atoms with van der Waals surface area (Å²) in [7, 11) is -3.99. The Kier molecular flexibility index (Phi) is 5.30. The van der Waals surface area contributed by atoms with Crippen LogP contribution in [-0.2, 0) is 16.6 Å². The first-order valence-electron chi connectivity index (χ1n) is 8.61. The molecule has 1 fully saturated rings. The summed E-state index contributed by atoms with van der Waals surface area (Å²) in [5, 5.41) is 22.1. The van der Waals surface area contributed by atoms with Crippen LogP contribution in [0.25, 0.3) is 0 Å². The quantitative estimate of drug-likeness (QED) is 0.836. The molecule has 9 heteroatoms. The second kappa shape index (κ2) is 7.50. The van der Waals surface area contributed by atoms with E-state index >= 15 is 0 Å². The minimum absolute atomic E-state index is 0.168. The third-order valence-corrected chi connectivity index (χ3v) is 6.36. The molecule has 27 heavy (non-hydrogen) atoms. The van der Waals surface area contributed by atoms with Gasteiger partial charge in [-0.05, 0) is 36.5 Å². The lowest BCUT2D eigenvalue weighted by Crippen LogP contribution is -2.39. The van der Waals surface area contributed by atoms with Crippen LogP contribution in [0.3, 0.4) is 0 Å². The number of carboxylic acids is 1. The van der Waals surface area contributed by atoms with Crippen molar-refractivity contribution in [3.63, 3.8) is 0 Å². The van der Waals surface area contributed by atoms with E-state index in [0.717, 1.165) is 18.4 Å². The van der Waals surface area contributed by atoms with Crippen LogP contribution in [0, 0.1) is 17.2 Å². The van der Waals surface area contributed by atoms with Gasteiger partial charge in [-0.3, -0.25) is 4.68 Å². The molecular formula is C18H20N4O4S. The van der Waals surface area contributed by atoms with E-state index in [-0.39, 0.29) is 18.0 Å². The average molecular weight is 388 g/mol. The maximum atomic E-state index is 13.0. The molecule has 0 aliphatic carbocycles. The fraction of sp³-hybridized carbons (Fsp3) is 0.389. The molecular weight excluding hydrogens is 368 g/mol. The molecule has 1 aliphatic heterocycles. The number of rotatable bonds is 5. The van der Waals surface area contributed by atoms with Crippen molar-refractivity contribution in [1.29, 1.82) is 5.26 Å². The largest absolute Gasteiger partial charge is 0.478 e. The van der Waals surface area contributed by atoms with Crippen LogP contribution in [0.15, 0.2) is 35.5 Å². The molecule has 1 atom stereocenters. The Balaban J connectivity index is 1.96. The number of carbonyl (C=O) groups is 1. The second-order valence-corrected chi connectivity index (χ2v) is 8.63. The van der Waals surface area contributed by atoms with Gasteiger partial charge < -0.3 is 5.11 Å². The second-order valence-electron chi connectivity index (χ2n) is 6.77. The summed E-state index contributed by atoms with van der Waals surface area (Å²) in [6.45, 7) is 2.86. The van der Waals surface area contributed by atoms with Crippen LogP contribution >= 0.6 is 0 Å². The van der Waals surface area contributed by atoms with E-state index < -0.39 is 21.0 Å². The summed E-state index contributed by atoms with van der Waals surface area (Å²) in [5.74, 6) is -1.12. The highest BCUT2D eigenvalue weighted by Gasteiger charge is 2.34. The van der Waals surface area contributed by atoms with E-state index in [1.807, 2.05) is 13.0 Å². The Hall–Kier alpha value is -2.70. The molecule has 0 amide bonds. The van der Waals surface area contributed by atoms with Gasteiger partial charge in [0.2, 0.25) is 5.03 Å². The van der Waals surface area contributed by atoms with Crippen molar-refractivity contribution in [1.82, 2.24) is 14.1 Å². The summed E-state index contributed by atoms with van der Waals surface area (Å²) < 4.78 is 28.5. The van der Waals surface area contributed by atoms with Gasteiger partial charge in [0.1, 0.15) is 5.56 Å². The average Bonchev–Trinajstić information content (AvgIpc) is 3.07. The van der Waals surface area contributed by atoms with Crippen molar-refractivity contribution in [2.75, 3.05) is 13.1 Å². The summed E-state index contributed by atoms with van der Waals surface area (Å²) in [4.78, 5) is 11.6. The van der Waals surface area contributed by atoms with Crippen LogP contribution in [0.2, 0.25) is 0 Å². The number of aromatic carboxylic acids is 1. The van der Waals surface area contributed by atoms with E-state index in [1.54, 1.807) is 24.3 Å². The van der Waals surface area contributed by atoms with Crippen LogP contribution in [0.4, 0.5) is 0 Å². The topological polar surface area (TPSA) is 116 Å². The fourth-order valence-electron chi connectivity index (χ4n) is 3.24. The van der Waals surface area contributed by atoms with Crippen LogP contribution < -0.4 is 0 Å². The number of benzene rings is 1.